The van der Waals surface area contributed by atoms with Gasteiger partial charge in [-0.2, -0.15) is 0 Å². The predicted octanol–water partition coefficient (Wildman–Crippen LogP) is 1.02. The molecule has 1 N–H and O–H groups in total. The highest BCUT2D eigenvalue weighted by Gasteiger charge is 2.06. The molecule has 14 heavy (non-hydrogen) atoms. The summed E-state index contributed by atoms with van der Waals surface area (Å²) in [6.07, 6.45) is 8.74. The molecule has 0 aromatic rings. The highest BCUT2D eigenvalue weighted by atomic mass is 16.2. The van der Waals surface area contributed by atoms with E-state index in [2.05, 4.69) is 5.92 Å². The van der Waals surface area contributed by atoms with Crippen molar-refractivity contribution in [1.29, 1.82) is 0 Å². The van der Waals surface area contributed by atoms with Crippen LogP contribution < -0.4 is 0 Å². The first-order chi connectivity index (χ1) is 6.72. The third-order valence-corrected chi connectivity index (χ3v) is 2.06. The lowest BCUT2D eigenvalue weighted by Gasteiger charge is -2.16. The number of aliphatic hydroxyl groups excluding tert-OH is 1. The quantitative estimate of drug-likeness (QED) is 0.489. The van der Waals surface area contributed by atoms with Crippen molar-refractivity contribution in [1.82, 2.24) is 4.90 Å². The monoisotopic (exact) mass is 197 g/mol. The van der Waals surface area contributed by atoms with Gasteiger partial charge in [-0.25, -0.2) is 0 Å². The molecule has 80 valence electrons. The highest BCUT2D eigenvalue weighted by molar-refractivity contribution is 5.76. The van der Waals surface area contributed by atoms with Gasteiger partial charge in [0.1, 0.15) is 0 Å². The van der Waals surface area contributed by atoms with Gasteiger partial charge in [0.05, 0.1) is 0 Å². The maximum Gasteiger partial charge on any atom is 0.223 e. The molecule has 0 aromatic heterocycles. The van der Waals surface area contributed by atoms with Crippen LogP contribution in [0.1, 0.15) is 32.1 Å². The Bertz CT molecular complexity index is 196. The first kappa shape index (κ1) is 13.0. The number of hydrogen-bond acceptors (Lipinski definition) is 2. The smallest absolute Gasteiger partial charge is 0.223 e. The standard InChI is InChI=1S/C11H19NO2/c1-3-4-8-11(14)12(2)9-6-5-7-10-13/h1,13H,4-10H2,2H3. The van der Waals surface area contributed by atoms with E-state index >= 15 is 0 Å². The minimum Gasteiger partial charge on any atom is -0.396 e. The number of rotatable bonds is 7. The summed E-state index contributed by atoms with van der Waals surface area (Å²) in [5.41, 5.74) is 0. The van der Waals surface area contributed by atoms with E-state index in [9.17, 15) is 4.79 Å². The van der Waals surface area contributed by atoms with E-state index in [1.165, 1.54) is 0 Å². The molecule has 0 saturated heterocycles. The Labute approximate surface area is 86.1 Å². The van der Waals surface area contributed by atoms with E-state index in [0.717, 1.165) is 25.8 Å². The molecular formula is C11H19NO2. The van der Waals surface area contributed by atoms with E-state index in [0.29, 0.717) is 12.8 Å². The second kappa shape index (κ2) is 8.58. The van der Waals surface area contributed by atoms with Gasteiger partial charge in [-0.1, -0.05) is 0 Å². The summed E-state index contributed by atoms with van der Waals surface area (Å²) < 4.78 is 0. The molecule has 3 heteroatoms. The minimum absolute atomic E-state index is 0.104. The minimum atomic E-state index is 0.104. The molecule has 0 aromatic carbocycles. The molecule has 0 spiro atoms. The summed E-state index contributed by atoms with van der Waals surface area (Å²) in [6.45, 7) is 0.984. The average Bonchev–Trinajstić information content (AvgIpc) is 2.20. The number of carbonyl (C=O) groups excluding carboxylic acids is 1. The van der Waals surface area contributed by atoms with Gasteiger partial charge in [-0.3, -0.25) is 4.79 Å². The van der Waals surface area contributed by atoms with Crippen LogP contribution in [0, 0.1) is 12.3 Å². The summed E-state index contributed by atoms with van der Waals surface area (Å²) in [6, 6.07) is 0. The average molecular weight is 197 g/mol. The molecule has 0 fully saturated rings. The van der Waals surface area contributed by atoms with Crippen molar-refractivity contribution in [2.24, 2.45) is 0 Å². The van der Waals surface area contributed by atoms with Gasteiger partial charge in [0.15, 0.2) is 0 Å². The number of hydrogen-bond donors (Lipinski definition) is 1. The molecule has 0 aliphatic carbocycles. The van der Waals surface area contributed by atoms with Crippen molar-refractivity contribution in [3.05, 3.63) is 0 Å². The zero-order valence-electron chi connectivity index (χ0n) is 8.83. The number of terminal acetylenes is 1. The molecule has 0 bridgehead atoms. The van der Waals surface area contributed by atoms with Gasteiger partial charge in [0, 0.05) is 33.0 Å². The molecule has 3 nitrogen and oxygen atoms in total. The van der Waals surface area contributed by atoms with E-state index < -0.39 is 0 Å². The van der Waals surface area contributed by atoms with E-state index in [4.69, 9.17) is 11.5 Å². The Morgan fingerprint density at radius 3 is 2.71 bits per heavy atom. The molecule has 0 radical (unpaired) electrons. The van der Waals surface area contributed by atoms with Crippen molar-refractivity contribution in [3.8, 4) is 12.3 Å². The lowest BCUT2D eigenvalue weighted by Crippen LogP contribution is -2.27. The van der Waals surface area contributed by atoms with Crippen molar-refractivity contribution < 1.29 is 9.90 Å². The van der Waals surface area contributed by atoms with Crippen LogP contribution in [-0.2, 0) is 4.79 Å². The Balaban J connectivity index is 3.47. The molecule has 0 atom stereocenters. The molecule has 0 aliphatic heterocycles. The van der Waals surface area contributed by atoms with Gasteiger partial charge in [-0.15, -0.1) is 12.3 Å². The van der Waals surface area contributed by atoms with Crippen LogP contribution in [0.4, 0.5) is 0 Å². The van der Waals surface area contributed by atoms with E-state index in [-0.39, 0.29) is 12.5 Å². The second-order valence-corrected chi connectivity index (χ2v) is 3.30. The van der Waals surface area contributed by atoms with Gasteiger partial charge >= 0.3 is 0 Å². The lowest BCUT2D eigenvalue weighted by molar-refractivity contribution is -0.129. The first-order valence-corrected chi connectivity index (χ1v) is 5.00. The fourth-order valence-corrected chi connectivity index (χ4v) is 1.13. The van der Waals surface area contributed by atoms with Crippen LogP contribution in [0.3, 0.4) is 0 Å². The molecule has 0 rings (SSSR count). The largest absolute Gasteiger partial charge is 0.396 e. The van der Waals surface area contributed by atoms with Crippen molar-refractivity contribution in [3.63, 3.8) is 0 Å². The first-order valence-electron chi connectivity index (χ1n) is 5.00. The summed E-state index contributed by atoms with van der Waals surface area (Å²) in [7, 11) is 1.79. The number of carbonyl (C=O) groups is 1. The van der Waals surface area contributed by atoms with Crippen LogP contribution in [0.15, 0.2) is 0 Å². The Morgan fingerprint density at radius 1 is 1.43 bits per heavy atom. The molecule has 0 heterocycles. The van der Waals surface area contributed by atoms with Crippen LogP contribution in [0.2, 0.25) is 0 Å². The third-order valence-electron chi connectivity index (χ3n) is 2.06. The van der Waals surface area contributed by atoms with Crippen LogP contribution in [0.25, 0.3) is 0 Å². The zero-order chi connectivity index (χ0) is 10.8. The Hall–Kier alpha value is -1.01. The summed E-state index contributed by atoms with van der Waals surface area (Å²) in [5, 5.41) is 8.55. The lowest BCUT2D eigenvalue weighted by atomic mass is 10.2. The normalized spacial score (nSPS) is 9.50. The van der Waals surface area contributed by atoms with Crippen LogP contribution >= 0.6 is 0 Å². The summed E-state index contributed by atoms with van der Waals surface area (Å²) >= 11 is 0. The molecule has 0 aliphatic rings. The van der Waals surface area contributed by atoms with Crippen LogP contribution in [0.5, 0.6) is 0 Å². The van der Waals surface area contributed by atoms with E-state index in [1.807, 2.05) is 0 Å². The zero-order valence-corrected chi connectivity index (χ0v) is 8.83. The van der Waals surface area contributed by atoms with Gasteiger partial charge in [0.25, 0.3) is 0 Å². The molecule has 0 unspecified atom stereocenters. The molecule has 1 amide bonds. The molecular weight excluding hydrogens is 178 g/mol. The van der Waals surface area contributed by atoms with E-state index in [1.54, 1.807) is 11.9 Å². The van der Waals surface area contributed by atoms with Crippen molar-refractivity contribution >= 4 is 5.91 Å². The Kier molecular flexibility index (Phi) is 7.96. The molecule has 0 saturated carbocycles. The van der Waals surface area contributed by atoms with Gasteiger partial charge < -0.3 is 10.0 Å². The predicted molar refractivity (Wildman–Crippen MR) is 56.6 cm³/mol. The number of amides is 1. The van der Waals surface area contributed by atoms with Gasteiger partial charge in [-0.05, 0) is 19.3 Å². The summed E-state index contributed by atoms with van der Waals surface area (Å²) in [5.74, 6) is 2.55. The van der Waals surface area contributed by atoms with Crippen LogP contribution in [-0.4, -0.2) is 36.1 Å². The highest BCUT2D eigenvalue weighted by Crippen LogP contribution is 1.99. The van der Waals surface area contributed by atoms with Crippen molar-refractivity contribution in [2.75, 3.05) is 20.2 Å². The maximum absolute atomic E-state index is 11.3. The SMILES string of the molecule is C#CCCC(=O)N(C)CCCCCO. The van der Waals surface area contributed by atoms with Gasteiger partial charge in [0.2, 0.25) is 5.91 Å². The number of aliphatic hydroxyl groups is 1. The Morgan fingerprint density at radius 2 is 2.14 bits per heavy atom. The topological polar surface area (TPSA) is 40.5 Å². The fraction of sp³-hybridized carbons (Fsp3) is 0.727. The van der Waals surface area contributed by atoms with Crippen molar-refractivity contribution in [2.45, 2.75) is 32.1 Å². The second-order valence-electron chi connectivity index (χ2n) is 3.30. The fourth-order valence-electron chi connectivity index (χ4n) is 1.13. The third kappa shape index (κ3) is 6.50. The summed E-state index contributed by atoms with van der Waals surface area (Å²) in [4.78, 5) is 13.0. The number of unbranched alkanes of at least 4 members (excludes halogenated alkanes) is 2. The number of nitrogens with zero attached hydrogens (tertiary/aromatic N) is 1. The maximum atomic E-state index is 11.3.